The summed E-state index contributed by atoms with van der Waals surface area (Å²) in [5.74, 6) is 0. The second-order valence-corrected chi connectivity index (χ2v) is 8.63. The number of hydrogen-bond donors (Lipinski definition) is 0. The van der Waals surface area contributed by atoms with Crippen LogP contribution >= 0.6 is 0 Å². The molecule has 4 rings (SSSR count). The first-order valence-electron chi connectivity index (χ1n) is 10.4. The zero-order valence-corrected chi connectivity index (χ0v) is 18.4. The molecule has 0 saturated carbocycles. The van der Waals surface area contributed by atoms with Crippen LogP contribution in [0.3, 0.4) is 0 Å². The molecule has 1 aliphatic rings. The summed E-state index contributed by atoms with van der Waals surface area (Å²) in [6.45, 7) is 13.1. The number of hydrogen-bond acceptors (Lipinski definition) is 1. The third-order valence-corrected chi connectivity index (χ3v) is 5.98. The van der Waals surface area contributed by atoms with Gasteiger partial charge in [-0.3, -0.25) is 9.80 Å². The number of carbonyl (C=O) groups excluding carboxylic acids is 1. The number of benzene rings is 3. The summed E-state index contributed by atoms with van der Waals surface area (Å²) in [7, 11) is 0. The Kier molecular flexibility index (Phi) is 5.41. The monoisotopic (exact) mass is 449 g/mol. The second kappa shape index (κ2) is 7.96. The van der Waals surface area contributed by atoms with Crippen LogP contribution in [0.2, 0.25) is 0 Å². The van der Waals surface area contributed by atoms with Gasteiger partial charge in [0, 0.05) is 11.4 Å². The predicted octanol–water partition coefficient (Wildman–Crippen LogP) is 7.53. The van der Waals surface area contributed by atoms with E-state index in [2.05, 4.69) is 4.85 Å². The average molecular weight is 449 g/mol. The number of anilines is 2. The van der Waals surface area contributed by atoms with Crippen molar-refractivity contribution in [2.75, 3.05) is 9.80 Å². The number of urea groups is 1. The summed E-state index contributed by atoms with van der Waals surface area (Å²) in [6, 6.07) is 18.4. The van der Waals surface area contributed by atoms with Crippen LogP contribution in [0, 0.1) is 13.5 Å². The maximum Gasteiger partial charge on any atom is 0.416 e. The standard InChI is InChI=1S/C26H22F3N3O/c1-17-8-12-21(13-9-17)31-23(18-6-5-7-20(16-18)30-4)25(2,3)32(24(31)33)22-14-10-19(11-15-22)26(27,28)29/h5-16,23H,1-3H3/t23-/m0/s1. The van der Waals surface area contributed by atoms with Gasteiger partial charge >= 0.3 is 12.2 Å². The van der Waals surface area contributed by atoms with E-state index in [4.69, 9.17) is 6.57 Å². The van der Waals surface area contributed by atoms with Gasteiger partial charge in [-0.25, -0.2) is 9.64 Å². The molecule has 1 saturated heterocycles. The van der Waals surface area contributed by atoms with Crippen LogP contribution in [0.25, 0.3) is 4.85 Å². The number of carbonyl (C=O) groups is 1. The fourth-order valence-corrected chi connectivity index (χ4v) is 4.43. The maximum atomic E-state index is 13.8. The first kappa shape index (κ1) is 22.4. The largest absolute Gasteiger partial charge is 0.416 e. The van der Waals surface area contributed by atoms with E-state index in [1.54, 1.807) is 23.1 Å². The van der Waals surface area contributed by atoms with Crippen LogP contribution in [0.5, 0.6) is 0 Å². The lowest BCUT2D eigenvalue weighted by Crippen LogP contribution is -2.43. The smallest absolute Gasteiger partial charge is 0.286 e. The lowest BCUT2D eigenvalue weighted by atomic mass is 9.87. The Morgan fingerprint density at radius 1 is 0.939 bits per heavy atom. The molecule has 1 heterocycles. The summed E-state index contributed by atoms with van der Waals surface area (Å²) < 4.78 is 39.3. The zero-order valence-electron chi connectivity index (χ0n) is 18.4. The molecule has 168 valence electrons. The fourth-order valence-electron chi connectivity index (χ4n) is 4.43. The molecule has 1 aliphatic heterocycles. The topological polar surface area (TPSA) is 27.9 Å². The van der Waals surface area contributed by atoms with E-state index in [1.807, 2.05) is 51.1 Å². The van der Waals surface area contributed by atoms with E-state index in [-0.39, 0.29) is 6.03 Å². The van der Waals surface area contributed by atoms with Gasteiger partial charge < -0.3 is 0 Å². The van der Waals surface area contributed by atoms with E-state index in [0.29, 0.717) is 17.1 Å². The normalized spacial score (nSPS) is 17.8. The Bertz CT molecular complexity index is 1230. The SMILES string of the molecule is [C-]#[N+]c1cccc([C@@H]2N(c3ccc(C)cc3)C(=O)N(c3ccc(C(F)(F)F)cc3)C2(C)C)c1. The first-order valence-corrected chi connectivity index (χ1v) is 10.4. The van der Waals surface area contributed by atoms with Crippen molar-refractivity contribution < 1.29 is 18.0 Å². The van der Waals surface area contributed by atoms with Gasteiger partial charge in [-0.1, -0.05) is 42.0 Å². The molecule has 33 heavy (non-hydrogen) atoms. The number of nitrogens with zero attached hydrogens (tertiary/aromatic N) is 3. The van der Waals surface area contributed by atoms with E-state index >= 15 is 0 Å². The Morgan fingerprint density at radius 3 is 2.12 bits per heavy atom. The Balaban J connectivity index is 1.87. The Morgan fingerprint density at radius 2 is 1.55 bits per heavy atom. The quantitative estimate of drug-likeness (QED) is 0.380. The minimum Gasteiger partial charge on any atom is -0.286 e. The zero-order chi connectivity index (χ0) is 24.0. The van der Waals surface area contributed by atoms with Crippen LogP contribution in [-0.4, -0.2) is 11.6 Å². The van der Waals surface area contributed by atoms with Gasteiger partial charge in [0.1, 0.15) is 0 Å². The molecular formula is C26H22F3N3O. The highest BCUT2D eigenvalue weighted by Crippen LogP contribution is 2.48. The predicted molar refractivity (Wildman–Crippen MR) is 123 cm³/mol. The molecule has 0 unspecified atom stereocenters. The molecule has 3 aromatic carbocycles. The van der Waals surface area contributed by atoms with Gasteiger partial charge in [0.25, 0.3) is 0 Å². The van der Waals surface area contributed by atoms with E-state index in [0.717, 1.165) is 23.3 Å². The molecule has 0 aromatic heterocycles. The van der Waals surface area contributed by atoms with Crippen molar-refractivity contribution in [2.24, 2.45) is 0 Å². The van der Waals surface area contributed by atoms with Crippen molar-refractivity contribution in [1.29, 1.82) is 0 Å². The minimum absolute atomic E-state index is 0.346. The lowest BCUT2D eigenvalue weighted by molar-refractivity contribution is -0.137. The first-order chi connectivity index (χ1) is 15.5. The van der Waals surface area contributed by atoms with Crippen molar-refractivity contribution in [2.45, 2.75) is 38.5 Å². The van der Waals surface area contributed by atoms with Crippen molar-refractivity contribution in [3.8, 4) is 0 Å². The van der Waals surface area contributed by atoms with Gasteiger partial charge in [-0.2, -0.15) is 13.2 Å². The molecule has 7 heteroatoms. The summed E-state index contributed by atoms with van der Waals surface area (Å²) in [6.07, 6.45) is -4.46. The van der Waals surface area contributed by atoms with Gasteiger partial charge in [0.05, 0.1) is 23.7 Å². The van der Waals surface area contributed by atoms with Gasteiger partial charge in [-0.05, 0) is 62.7 Å². The number of alkyl halides is 3. The van der Waals surface area contributed by atoms with Crippen molar-refractivity contribution >= 4 is 23.1 Å². The molecule has 0 N–H and O–H groups in total. The number of aryl methyl sites for hydroxylation is 1. The summed E-state index contributed by atoms with van der Waals surface area (Å²) in [4.78, 5) is 20.5. The van der Waals surface area contributed by atoms with E-state index < -0.39 is 23.3 Å². The molecule has 0 spiro atoms. The van der Waals surface area contributed by atoms with Crippen molar-refractivity contribution in [1.82, 2.24) is 0 Å². The van der Waals surface area contributed by atoms with Gasteiger partial charge in [0.15, 0.2) is 5.69 Å². The highest BCUT2D eigenvalue weighted by atomic mass is 19.4. The van der Waals surface area contributed by atoms with Gasteiger partial charge in [-0.15, -0.1) is 0 Å². The summed E-state index contributed by atoms with van der Waals surface area (Å²) in [5.41, 5.74) is 1.71. The van der Waals surface area contributed by atoms with E-state index in [1.165, 1.54) is 17.0 Å². The molecular weight excluding hydrogens is 427 g/mol. The third-order valence-electron chi connectivity index (χ3n) is 5.98. The average Bonchev–Trinajstić information content (AvgIpc) is 2.98. The number of rotatable bonds is 3. The third kappa shape index (κ3) is 3.93. The van der Waals surface area contributed by atoms with Crippen molar-refractivity contribution in [3.05, 3.63) is 101 Å². The number of amides is 2. The molecule has 3 aromatic rings. The molecule has 4 nitrogen and oxygen atoms in total. The molecule has 0 radical (unpaired) electrons. The minimum atomic E-state index is -4.46. The van der Waals surface area contributed by atoms with E-state index in [9.17, 15) is 18.0 Å². The number of halogens is 3. The van der Waals surface area contributed by atoms with Crippen LogP contribution in [0.4, 0.5) is 35.0 Å². The maximum absolute atomic E-state index is 13.8. The highest BCUT2D eigenvalue weighted by Gasteiger charge is 2.53. The molecule has 1 atom stereocenters. The van der Waals surface area contributed by atoms with Crippen LogP contribution in [0.1, 0.15) is 36.6 Å². The Hall–Kier alpha value is -3.79. The highest BCUT2D eigenvalue weighted by molar-refractivity contribution is 6.08. The summed E-state index contributed by atoms with van der Waals surface area (Å²) >= 11 is 0. The molecule has 2 amide bonds. The molecule has 1 fully saturated rings. The van der Waals surface area contributed by atoms with Crippen LogP contribution in [0.15, 0.2) is 72.8 Å². The fraction of sp³-hybridized carbons (Fsp3) is 0.231. The second-order valence-electron chi connectivity index (χ2n) is 8.63. The van der Waals surface area contributed by atoms with Crippen LogP contribution < -0.4 is 9.80 Å². The summed E-state index contributed by atoms with van der Waals surface area (Å²) in [5, 5.41) is 0. The molecule has 0 aliphatic carbocycles. The lowest BCUT2D eigenvalue weighted by Gasteiger charge is -2.35. The van der Waals surface area contributed by atoms with Gasteiger partial charge in [0.2, 0.25) is 0 Å². The Labute approximate surface area is 190 Å². The molecule has 0 bridgehead atoms. The van der Waals surface area contributed by atoms with Crippen molar-refractivity contribution in [3.63, 3.8) is 0 Å². The van der Waals surface area contributed by atoms with Crippen LogP contribution in [-0.2, 0) is 6.18 Å².